The lowest BCUT2D eigenvalue weighted by molar-refractivity contribution is 0.680. The fraction of sp³-hybridized carbons (Fsp3) is 0.250. The topological polar surface area (TPSA) is 12.0 Å². The number of halogens is 2. The molecule has 2 aromatic rings. The third-order valence-electron chi connectivity index (χ3n) is 3.26. The molecular weight excluding hydrogens is 354 g/mol. The van der Waals surface area contributed by atoms with E-state index in [0.717, 1.165) is 20.9 Å². The molecule has 0 aliphatic heterocycles. The van der Waals surface area contributed by atoms with Crippen molar-refractivity contribution in [1.82, 2.24) is 5.32 Å². The van der Waals surface area contributed by atoms with Gasteiger partial charge in [-0.3, -0.25) is 0 Å². The van der Waals surface area contributed by atoms with Gasteiger partial charge in [-0.15, -0.1) is 0 Å². The molecule has 0 saturated heterocycles. The van der Waals surface area contributed by atoms with Crippen molar-refractivity contribution >= 4 is 39.3 Å². The molecule has 3 rings (SSSR count). The van der Waals surface area contributed by atoms with E-state index < -0.39 is 0 Å². The molecular formula is C16H15BrClNS. The zero-order valence-electron chi connectivity index (χ0n) is 10.9. The minimum Gasteiger partial charge on any atom is -0.310 e. The predicted octanol–water partition coefficient (Wildman–Crippen LogP) is 5.51. The third kappa shape index (κ3) is 3.59. The molecule has 0 unspecified atom stereocenters. The molecule has 1 fully saturated rings. The van der Waals surface area contributed by atoms with Crippen LogP contribution in [0.5, 0.6) is 0 Å². The van der Waals surface area contributed by atoms with Crippen LogP contribution in [0.1, 0.15) is 18.4 Å². The summed E-state index contributed by atoms with van der Waals surface area (Å²) in [5.74, 6) is 0. The second-order valence-electron chi connectivity index (χ2n) is 4.92. The van der Waals surface area contributed by atoms with E-state index in [1.165, 1.54) is 23.3 Å². The molecule has 0 bridgehead atoms. The van der Waals surface area contributed by atoms with E-state index in [2.05, 4.69) is 39.4 Å². The lowest BCUT2D eigenvalue weighted by Gasteiger charge is -2.12. The molecule has 1 N–H and O–H groups in total. The zero-order chi connectivity index (χ0) is 13.9. The van der Waals surface area contributed by atoms with Crippen LogP contribution >= 0.6 is 39.3 Å². The summed E-state index contributed by atoms with van der Waals surface area (Å²) < 4.78 is 1.10. The minimum absolute atomic E-state index is 0.704. The van der Waals surface area contributed by atoms with Crippen molar-refractivity contribution in [1.29, 1.82) is 0 Å². The number of hydrogen-bond donors (Lipinski definition) is 1. The normalized spacial score (nSPS) is 14.5. The van der Waals surface area contributed by atoms with E-state index in [1.807, 2.05) is 24.3 Å². The molecule has 1 nitrogen and oxygen atoms in total. The highest BCUT2D eigenvalue weighted by molar-refractivity contribution is 9.10. The Hall–Kier alpha value is -0.480. The van der Waals surface area contributed by atoms with Gasteiger partial charge in [0, 0.05) is 26.9 Å². The average Bonchev–Trinajstić information content (AvgIpc) is 3.26. The minimum atomic E-state index is 0.704. The molecule has 104 valence electrons. The molecule has 0 spiro atoms. The fourth-order valence-electron chi connectivity index (χ4n) is 1.99. The first-order chi connectivity index (χ1) is 9.74. The maximum atomic E-state index is 6.40. The Labute approximate surface area is 137 Å². The van der Waals surface area contributed by atoms with E-state index >= 15 is 0 Å². The van der Waals surface area contributed by atoms with E-state index in [0.29, 0.717) is 6.04 Å². The van der Waals surface area contributed by atoms with Crippen LogP contribution in [0.15, 0.2) is 56.7 Å². The predicted molar refractivity (Wildman–Crippen MR) is 89.6 cm³/mol. The van der Waals surface area contributed by atoms with Gasteiger partial charge < -0.3 is 5.32 Å². The van der Waals surface area contributed by atoms with Gasteiger partial charge in [-0.1, -0.05) is 47.6 Å². The van der Waals surface area contributed by atoms with Crippen molar-refractivity contribution in [3.63, 3.8) is 0 Å². The Morgan fingerprint density at radius 3 is 2.70 bits per heavy atom. The van der Waals surface area contributed by atoms with Gasteiger partial charge in [0.1, 0.15) is 0 Å². The third-order valence-corrected chi connectivity index (χ3v) is 5.90. The number of hydrogen-bond acceptors (Lipinski definition) is 2. The Morgan fingerprint density at radius 2 is 1.95 bits per heavy atom. The summed E-state index contributed by atoms with van der Waals surface area (Å²) in [6, 6.07) is 15.1. The van der Waals surface area contributed by atoms with Crippen LogP contribution in [0.3, 0.4) is 0 Å². The van der Waals surface area contributed by atoms with Crippen LogP contribution < -0.4 is 5.32 Å². The average molecular weight is 369 g/mol. The summed E-state index contributed by atoms with van der Waals surface area (Å²) in [4.78, 5) is 2.34. The van der Waals surface area contributed by atoms with Crippen molar-refractivity contribution in [2.45, 2.75) is 35.2 Å². The van der Waals surface area contributed by atoms with Gasteiger partial charge in [-0.05, 0) is 52.5 Å². The number of nitrogens with one attached hydrogen (secondary N) is 1. The van der Waals surface area contributed by atoms with Crippen molar-refractivity contribution in [2.24, 2.45) is 0 Å². The lowest BCUT2D eigenvalue weighted by Crippen LogP contribution is -2.15. The quantitative estimate of drug-likeness (QED) is 0.747. The van der Waals surface area contributed by atoms with Gasteiger partial charge in [0.15, 0.2) is 0 Å². The smallest absolute Gasteiger partial charge is 0.0548 e. The Balaban J connectivity index is 1.85. The number of rotatable bonds is 5. The molecule has 4 heteroatoms. The van der Waals surface area contributed by atoms with E-state index in [9.17, 15) is 0 Å². The first kappa shape index (κ1) is 14.5. The van der Waals surface area contributed by atoms with Gasteiger partial charge in [0.05, 0.1) is 5.02 Å². The summed E-state index contributed by atoms with van der Waals surface area (Å²) in [7, 11) is 0. The summed E-state index contributed by atoms with van der Waals surface area (Å²) in [5.41, 5.74) is 1.27. The van der Waals surface area contributed by atoms with Crippen molar-refractivity contribution in [3.05, 3.63) is 57.5 Å². The summed E-state index contributed by atoms with van der Waals surface area (Å²) in [6.45, 7) is 0.887. The maximum Gasteiger partial charge on any atom is 0.0548 e. The van der Waals surface area contributed by atoms with Crippen LogP contribution in [0.25, 0.3) is 0 Å². The summed E-state index contributed by atoms with van der Waals surface area (Å²) >= 11 is 11.7. The van der Waals surface area contributed by atoms with Gasteiger partial charge >= 0.3 is 0 Å². The summed E-state index contributed by atoms with van der Waals surface area (Å²) in [6.07, 6.45) is 2.60. The SMILES string of the molecule is Clc1cccc(CNC2CC2)c1Sc1ccccc1Br. The second-order valence-corrected chi connectivity index (χ2v) is 7.23. The van der Waals surface area contributed by atoms with Gasteiger partial charge in [0.2, 0.25) is 0 Å². The Kier molecular flexibility index (Phi) is 4.72. The highest BCUT2D eigenvalue weighted by Gasteiger charge is 2.21. The molecule has 1 aliphatic rings. The number of benzene rings is 2. The van der Waals surface area contributed by atoms with Gasteiger partial charge in [-0.25, -0.2) is 0 Å². The highest BCUT2D eigenvalue weighted by atomic mass is 79.9. The summed E-state index contributed by atoms with van der Waals surface area (Å²) in [5, 5.41) is 4.38. The van der Waals surface area contributed by atoms with Crippen LogP contribution in [-0.4, -0.2) is 6.04 Å². The molecule has 0 radical (unpaired) electrons. The first-order valence-corrected chi connectivity index (χ1v) is 8.66. The Bertz CT molecular complexity index is 613. The van der Waals surface area contributed by atoms with Crippen LogP contribution in [0.4, 0.5) is 0 Å². The molecule has 0 aromatic heterocycles. The van der Waals surface area contributed by atoms with E-state index in [-0.39, 0.29) is 0 Å². The van der Waals surface area contributed by atoms with E-state index in [1.54, 1.807) is 11.8 Å². The zero-order valence-corrected chi connectivity index (χ0v) is 14.1. The van der Waals surface area contributed by atoms with Crippen LogP contribution in [0.2, 0.25) is 5.02 Å². The molecule has 20 heavy (non-hydrogen) atoms. The molecule has 1 aliphatic carbocycles. The molecule has 0 atom stereocenters. The standard InChI is InChI=1S/C16H15BrClNS/c17-13-5-1-2-7-15(13)20-16-11(4-3-6-14(16)18)10-19-12-8-9-12/h1-7,12,19H,8-10H2. The van der Waals surface area contributed by atoms with Gasteiger partial charge in [-0.2, -0.15) is 0 Å². The highest BCUT2D eigenvalue weighted by Crippen LogP contribution is 2.39. The molecule has 2 aromatic carbocycles. The maximum absolute atomic E-state index is 6.40. The van der Waals surface area contributed by atoms with Crippen molar-refractivity contribution in [2.75, 3.05) is 0 Å². The monoisotopic (exact) mass is 367 g/mol. The molecule has 0 amide bonds. The fourth-order valence-corrected chi connectivity index (χ4v) is 3.79. The second kappa shape index (κ2) is 6.52. The van der Waals surface area contributed by atoms with Crippen LogP contribution in [0, 0.1) is 0 Å². The van der Waals surface area contributed by atoms with Crippen molar-refractivity contribution in [3.8, 4) is 0 Å². The first-order valence-electron chi connectivity index (χ1n) is 6.67. The van der Waals surface area contributed by atoms with E-state index in [4.69, 9.17) is 11.6 Å². The Morgan fingerprint density at radius 1 is 1.15 bits per heavy atom. The molecule has 0 heterocycles. The van der Waals surface area contributed by atoms with Crippen LogP contribution in [-0.2, 0) is 6.54 Å². The van der Waals surface area contributed by atoms with Crippen molar-refractivity contribution < 1.29 is 0 Å². The lowest BCUT2D eigenvalue weighted by atomic mass is 10.2. The van der Waals surface area contributed by atoms with Gasteiger partial charge in [0.25, 0.3) is 0 Å². The largest absolute Gasteiger partial charge is 0.310 e. The molecule has 1 saturated carbocycles.